The van der Waals surface area contributed by atoms with Crippen molar-refractivity contribution in [3.05, 3.63) is 23.3 Å². The van der Waals surface area contributed by atoms with E-state index in [2.05, 4.69) is 5.32 Å². The highest BCUT2D eigenvalue weighted by Crippen LogP contribution is 2.41. The van der Waals surface area contributed by atoms with Crippen LogP contribution in [0.1, 0.15) is 44.2 Å². The van der Waals surface area contributed by atoms with E-state index >= 15 is 0 Å². The molecule has 4 N–H and O–H groups in total. The second kappa shape index (κ2) is 5.39. The van der Waals surface area contributed by atoms with Crippen LogP contribution in [-0.4, -0.2) is 27.9 Å². The largest absolute Gasteiger partial charge is 0.504 e. The quantitative estimate of drug-likeness (QED) is 0.498. The van der Waals surface area contributed by atoms with Gasteiger partial charge in [-0.3, -0.25) is 0 Å². The molecule has 0 bridgehead atoms. The van der Waals surface area contributed by atoms with Crippen LogP contribution in [-0.2, 0) is 12.0 Å². The van der Waals surface area contributed by atoms with Crippen molar-refractivity contribution in [3.63, 3.8) is 0 Å². The van der Waals surface area contributed by atoms with Gasteiger partial charge in [0.1, 0.15) is 5.60 Å². The molecule has 1 aromatic rings. The highest BCUT2D eigenvalue weighted by molar-refractivity contribution is 5.51. The van der Waals surface area contributed by atoms with Crippen molar-refractivity contribution in [2.24, 2.45) is 0 Å². The minimum Gasteiger partial charge on any atom is -0.504 e. The molecular formula is C15H23NO3. The summed E-state index contributed by atoms with van der Waals surface area (Å²) in [5.41, 5.74) is 0.459. The number of fused-ring (bicyclic) bond motifs is 1. The fourth-order valence-corrected chi connectivity index (χ4v) is 2.72. The Morgan fingerprint density at radius 1 is 1.26 bits per heavy atom. The molecule has 4 nitrogen and oxygen atoms in total. The van der Waals surface area contributed by atoms with Crippen molar-refractivity contribution >= 4 is 0 Å². The summed E-state index contributed by atoms with van der Waals surface area (Å²) in [6.45, 7) is 4.53. The van der Waals surface area contributed by atoms with E-state index in [4.69, 9.17) is 0 Å². The van der Waals surface area contributed by atoms with Crippen LogP contribution in [0.2, 0.25) is 0 Å². The van der Waals surface area contributed by atoms with Gasteiger partial charge in [0.25, 0.3) is 0 Å². The molecule has 1 aromatic carbocycles. The highest BCUT2D eigenvalue weighted by Gasteiger charge is 2.34. The summed E-state index contributed by atoms with van der Waals surface area (Å²) in [5.74, 6) is -0.192. The maximum Gasteiger partial charge on any atom is 0.161 e. The Balaban J connectivity index is 2.40. The van der Waals surface area contributed by atoms with Gasteiger partial charge in [-0.25, -0.2) is 0 Å². The van der Waals surface area contributed by atoms with Crippen molar-refractivity contribution in [1.29, 1.82) is 0 Å². The Morgan fingerprint density at radius 3 is 2.68 bits per heavy atom. The Hall–Kier alpha value is -1.26. The lowest BCUT2D eigenvalue weighted by Gasteiger charge is -2.30. The summed E-state index contributed by atoms with van der Waals surface area (Å²) in [7, 11) is 0. The SMILES string of the molecule is CC(C)NCC1(O)CCCCc2c1ccc(O)c2O. The number of phenols is 2. The fraction of sp³-hybridized carbons (Fsp3) is 0.600. The molecule has 1 unspecified atom stereocenters. The molecule has 0 saturated heterocycles. The smallest absolute Gasteiger partial charge is 0.161 e. The van der Waals surface area contributed by atoms with Gasteiger partial charge in [-0.2, -0.15) is 0 Å². The molecule has 0 radical (unpaired) electrons. The van der Waals surface area contributed by atoms with Crippen molar-refractivity contribution in [1.82, 2.24) is 5.32 Å². The first kappa shape index (κ1) is 14.2. The lowest BCUT2D eigenvalue weighted by atomic mass is 9.87. The molecule has 0 fully saturated rings. The van der Waals surface area contributed by atoms with E-state index in [1.807, 2.05) is 13.8 Å². The second-order valence-electron chi connectivity index (χ2n) is 5.73. The maximum absolute atomic E-state index is 10.9. The predicted octanol–water partition coefficient (Wildman–Crippen LogP) is 2.01. The van der Waals surface area contributed by atoms with Gasteiger partial charge < -0.3 is 20.6 Å². The van der Waals surface area contributed by atoms with Gasteiger partial charge in [0.15, 0.2) is 11.5 Å². The van der Waals surface area contributed by atoms with Crippen LogP contribution in [0.3, 0.4) is 0 Å². The molecule has 1 atom stereocenters. The summed E-state index contributed by atoms with van der Waals surface area (Å²) in [5, 5.41) is 33.8. The third-order valence-electron chi connectivity index (χ3n) is 3.83. The molecule has 0 saturated carbocycles. The Labute approximate surface area is 114 Å². The Bertz CT molecular complexity index is 459. The summed E-state index contributed by atoms with van der Waals surface area (Å²) >= 11 is 0. The summed E-state index contributed by atoms with van der Waals surface area (Å²) in [4.78, 5) is 0. The normalized spacial score (nSPS) is 23.2. The number of hydrogen-bond donors (Lipinski definition) is 4. The van der Waals surface area contributed by atoms with E-state index in [0.717, 1.165) is 18.4 Å². The zero-order valence-corrected chi connectivity index (χ0v) is 11.6. The van der Waals surface area contributed by atoms with Crippen molar-refractivity contribution < 1.29 is 15.3 Å². The number of rotatable bonds is 3. The average Bonchev–Trinajstić information content (AvgIpc) is 2.52. The van der Waals surface area contributed by atoms with Crippen LogP contribution < -0.4 is 5.32 Å². The first-order chi connectivity index (χ1) is 8.94. The van der Waals surface area contributed by atoms with Gasteiger partial charge in [0, 0.05) is 18.2 Å². The molecule has 1 aliphatic carbocycles. The Morgan fingerprint density at radius 2 is 2.00 bits per heavy atom. The van der Waals surface area contributed by atoms with Gasteiger partial charge in [-0.15, -0.1) is 0 Å². The topological polar surface area (TPSA) is 72.7 Å². The number of nitrogens with one attached hydrogen (secondary N) is 1. The molecule has 0 aliphatic heterocycles. The van der Waals surface area contributed by atoms with Crippen molar-refractivity contribution in [2.45, 2.75) is 51.2 Å². The van der Waals surface area contributed by atoms with E-state index < -0.39 is 5.60 Å². The van der Waals surface area contributed by atoms with Gasteiger partial charge in [-0.1, -0.05) is 19.9 Å². The van der Waals surface area contributed by atoms with Crippen molar-refractivity contribution in [3.8, 4) is 11.5 Å². The van der Waals surface area contributed by atoms with Crippen LogP contribution in [0.15, 0.2) is 12.1 Å². The van der Waals surface area contributed by atoms with Gasteiger partial charge >= 0.3 is 0 Å². The van der Waals surface area contributed by atoms with Gasteiger partial charge in [0.05, 0.1) is 0 Å². The lowest BCUT2D eigenvalue weighted by molar-refractivity contribution is 0.0252. The molecule has 19 heavy (non-hydrogen) atoms. The predicted molar refractivity (Wildman–Crippen MR) is 74.4 cm³/mol. The third kappa shape index (κ3) is 2.85. The lowest BCUT2D eigenvalue weighted by Crippen LogP contribution is -2.41. The number of aliphatic hydroxyl groups is 1. The molecule has 0 heterocycles. The summed E-state index contributed by atoms with van der Waals surface area (Å²) < 4.78 is 0. The van der Waals surface area contributed by atoms with E-state index in [1.54, 1.807) is 6.07 Å². The third-order valence-corrected chi connectivity index (χ3v) is 3.83. The van der Waals surface area contributed by atoms with E-state index in [1.165, 1.54) is 6.07 Å². The van der Waals surface area contributed by atoms with E-state index in [9.17, 15) is 15.3 Å². The maximum atomic E-state index is 10.9. The van der Waals surface area contributed by atoms with E-state index in [-0.39, 0.29) is 11.5 Å². The van der Waals surface area contributed by atoms with E-state index in [0.29, 0.717) is 31.0 Å². The molecule has 0 aromatic heterocycles. The monoisotopic (exact) mass is 265 g/mol. The first-order valence-corrected chi connectivity index (χ1v) is 6.94. The number of aromatic hydroxyl groups is 2. The van der Waals surface area contributed by atoms with Crippen LogP contribution in [0, 0.1) is 0 Å². The van der Waals surface area contributed by atoms with Crippen LogP contribution in [0.25, 0.3) is 0 Å². The fourth-order valence-electron chi connectivity index (χ4n) is 2.72. The van der Waals surface area contributed by atoms with Crippen LogP contribution >= 0.6 is 0 Å². The summed E-state index contributed by atoms with van der Waals surface area (Å²) in [6.07, 6.45) is 3.18. The van der Waals surface area contributed by atoms with Gasteiger partial charge in [0.2, 0.25) is 0 Å². The number of phenolic OH excluding ortho intramolecular Hbond substituents is 2. The minimum atomic E-state index is -0.971. The molecule has 4 heteroatoms. The van der Waals surface area contributed by atoms with Crippen molar-refractivity contribution in [2.75, 3.05) is 6.54 Å². The average molecular weight is 265 g/mol. The molecule has 0 amide bonds. The zero-order chi connectivity index (χ0) is 14.0. The number of benzene rings is 1. The first-order valence-electron chi connectivity index (χ1n) is 6.94. The minimum absolute atomic E-state index is 0.0811. The molecule has 2 rings (SSSR count). The molecule has 106 valence electrons. The van der Waals surface area contributed by atoms with Crippen LogP contribution in [0.5, 0.6) is 11.5 Å². The zero-order valence-electron chi connectivity index (χ0n) is 11.6. The molecular weight excluding hydrogens is 242 g/mol. The highest BCUT2D eigenvalue weighted by atomic mass is 16.3. The van der Waals surface area contributed by atoms with Gasteiger partial charge in [-0.05, 0) is 37.3 Å². The molecule has 1 aliphatic rings. The Kier molecular flexibility index (Phi) is 4.02. The van der Waals surface area contributed by atoms with Crippen LogP contribution in [0.4, 0.5) is 0 Å². The molecule has 0 spiro atoms. The second-order valence-corrected chi connectivity index (χ2v) is 5.73. The summed E-state index contributed by atoms with van der Waals surface area (Å²) in [6, 6.07) is 3.49. The number of hydrogen-bond acceptors (Lipinski definition) is 4. The standard InChI is InChI=1S/C15H23NO3/c1-10(2)16-9-15(19)8-4-3-5-11-12(15)6-7-13(17)14(11)18/h6-7,10,16-19H,3-5,8-9H2,1-2H3.